The maximum Gasteiger partial charge on any atom is 0.153 e. The molecule has 0 amide bonds. The van der Waals surface area contributed by atoms with Crippen molar-refractivity contribution in [1.29, 1.82) is 0 Å². The molecule has 1 aliphatic carbocycles. The van der Waals surface area contributed by atoms with Crippen LogP contribution in [0.1, 0.15) is 53.5 Å². The Bertz CT molecular complexity index is 533. The summed E-state index contributed by atoms with van der Waals surface area (Å²) >= 11 is 1.42. The molecular formula is C20H29S+. The number of hydrogen-bond acceptors (Lipinski definition) is 0. The molecule has 1 unspecified atom stereocenters. The van der Waals surface area contributed by atoms with E-state index in [0.29, 0.717) is 5.25 Å². The van der Waals surface area contributed by atoms with E-state index < -0.39 is 0 Å². The highest BCUT2D eigenvalue weighted by Gasteiger charge is 2.22. The third-order valence-electron chi connectivity index (χ3n) is 3.99. The predicted octanol–water partition coefficient (Wildman–Crippen LogP) is 5.46. The monoisotopic (exact) mass is 301 g/mol. The molecule has 0 aliphatic heterocycles. The van der Waals surface area contributed by atoms with Crippen molar-refractivity contribution in [3.8, 4) is 0 Å². The number of thiol groups is 1. The maximum absolute atomic E-state index is 2.42. The van der Waals surface area contributed by atoms with E-state index in [1.54, 1.807) is 0 Å². The highest BCUT2D eigenvalue weighted by atomic mass is 32.2. The minimum Gasteiger partial charge on any atom is -0.0755 e. The summed E-state index contributed by atoms with van der Waals surface area (Å²) < 4.78 is 0. The van der Waals surface area contributed by atoms with Gasteiger partial charge in [0.2, 0.25) is 0 Å². The zero-order valence-corrected chi connectivity index (χ0v) is 15.2. The van der Waals surface area contributed by atoms with Gasteiger partial charge in [0.05, 0.1) is 0 Å². The lowest BCUT2D eigenvalue weighted by molar-refractivity contribution is 0.512. The van der Waals surface area contributed by atoms with Gasteiger partial charge in [0.25, 0.3) is 0 Å². The molecule has 1 atom stereocenters. The number of allylic oxidation sites excluding steroid dienone is 3. The molecule has 0 saturated heterocycles. The van der Waals surface area contributed by atoms with Crippen LogP contribution in [0.3, 0.4) is 0 Å². The molecule has 1 heteroatoms. The molecule has 0 saturated carbocycles. The molecule has 0 nitrogen and oxygen atoms in total. The Kier molecular flexibility index (Phi) is 4.72. The fourth-order valence-corrected chi connectivity index (χ4v) is 3.59. The molecule has 1 aliphatic rings. The maximum atomic E-state index is 2.42. The van der Waals surface area contributed by atoms with Gasteiger partial charge < -0.3 is 0 Å². The van der Waals surface area contributed by atoms with Crippen LogP contribution in [0.5, 0.6) is 0 Å². The molecule has 0 bridgehead atoms. The van der Waals surface area contributed by atoms with Gasteiger partial charge in [-0.25, -0.2) is 0 Å². The first kappa shape index (κ1) is 16.4. The Morgan fingerprint density at radius 3 is 1.95 bits per heavy atom. The lowest BCUT2D eigenvalue weighted by atomic mass is 9.84. The van der Waals surface area contributed by atoms with Crippen LogP contribution >= 0.6 is 0 Å². The molecule has 0 aromatic heterocycles. The minimum absolute atomic E-state index is 0.241. The predicted molar refractivity (Wildman–Crippen MR) is 97.3 cm³/mol. The van der Waals surface area contributed by atoms with Gasteiger partial charge in [0.1, 0.15) is 5.25 Å². The van der Waals surface area contributed by atoms with Gasteiger partial charge in [0, 0.05) is 18.2 Å². The van der Waals surface area contributed by atoms with Gasteiger partial charge in [-0.05, 0) is 40.2 Å². The summed E-state index contributed by atoms with van der Waals surface area (Å²) in [5, 5.41) is 0.622. The first-order valence-corrected chi connectivity index (χ1v) is 8.83. The normalized spacial score (nSPS) is 19.5. The summed E-state index contributed by atoms with van der Waals surface area (Å²) in [6.45, 7) is 13.7. The zero-order chi connectivity index (χ0) is 15.7. The van der Waals surface area contributed by atoms with Crippen molar-refractivity contribution >= 4 is 11.8 Å². The molecule has 1 aromatic rings. The third-order valence-corrected chi connectivity index (χ3v) is 5.30. The fraction of sp³-hybridized carbons (Fsp3) is 0.500. The molecule has 114 valence electrons. The van der Waals surface area contributed by atoms with E-state index in [9.17, 15) is 0 Å². The second kappa shape index (κ2) is 6.04. The largest absolute Gasteiger partial charge is 0.153 e. The highest BCUT2D eigenvalue weighted by Crippen LogP contribution is 2.30. The summed E-state index contributed by atoms with van der Waals surface area (Å²) in [7, 11) is 0. The smallest absolute Gasteiger partial charge is 0.0755 e. The number of rotatable bonds is 2. The van der Waals surface area contributed by atoms with Crippen LogP contribution in [0.2, 0.25) is 0 Å². The number of benzene rings is 1. The summed E-state index contributed by atoms with van der Waals surface area (Å²) in [4.78, 5) is 1.42. The van der Waals surface area contributed by atoms with Crippen LogP contribution in [0.4, 0.5) is 0 Å². The van der Waals surface area contributed by atoms with Gasteiger partial charge in [-0.2, -0.15) is 0 Å². The summed E-state index contributed by atoms with van der Waals surface area (Å²) in [5.41, 5.74) is 3.39. The summed E-state index contributed by atoms with van der Waals surface area (Å²) in [5.74, 6) is 0. The first-order chi connectivity index (χ1) is 9.66. The molecule has 0 spiro atoms. The molecule has 0 radical (unpaired) electrons. The van der Waals surface area contributed by atoms with Crippen molar-refractivity contribution in [2.45, 2.75) is 63.5 Å². The van der Waals surface area contributed by atoms with E-state index in [4.69, 9.17) is 0 Å². The van der Waals surface area contributed by atoms with Crippen molar-refractivity contribution in [2.24, 2.45) is 5.41 Å². The van der Waals surface area contributed by atoms with E-state index in [1.165, 1.54) is 27.8 Å². The average molecular weight is 302 g/mol. The van der Waals surface area contributed by atoms with Crippen molar-refractivity contribution < 1.29 is 0 Å². The highest BCUT2D eigenvalue weighted by molar-refractivity contribution is 7.79. The van der Waals surface area contributed by atoms with Gasteiger partial charge in [-0.15, -0.1) is 0 Å². The standard InChI is InChI=1S/C20H28S/c1-19(2,3)15-7-11-17(12-8-15)21-18-13-9-16(10-14-18)20(4,5)6/h7-13,18H,14H2,1-6H3/p+1. The van der Waals surface area contributed by atoms with Crippen LogP contribution in [-0.2, 0) is 17.2 Å². The molecule has 0 N–H and O–H groups in total. The lowest BCUT2D eigenvalue weighted by Crippen LogP contribution is -2.15. The summed E-state index contributed by atoms with van der Waals surface area (Å²) in [6.07, 6.45) is 8.29. The summed E-state index contributed by atoms with van der Waals surface area (Å²) in [6, 6.07) is 9.15. The molecule has 0 heterocycles. The van der Waals surface area contributed by atoms with Crippen molar-refractivity contribution in [2.75, 3.05) is 0 Å². The first-order valence-electron chi connectivity index (χ1n) is 7.86. The van der Waals surface area contributed by atoms with Crippen LogP contribution in [0, 0.1) is 5.41 Å². The second-order valence-corrected chi connectivity index (χ2v) is 9.44. The van der Waals surface area contributed by atoms with E-state index in [-0.39, 0.29) is 10.8 Å². The molecule has 0 fully saturated rings. The van der Waals surface area contributed by atoms with Crippen molar-refractivity contribution in [1.82, 2.24) is 0 Å². The lowest BCUT2D eigenvalue weighted by Gasteiger charge is -2.23. The van der Waals surface area contributed by atoms with E-state index >= 15 is 0 Å². The second-order valence-electron chi connectivity index (χ2n) is 8.00. The van der Waals surface area contributed by atoms with Crippen LogP contribution < -0.4 is 0 Å². The van der Waals surface area contributed by atoms with Crippen LogP contribution in [-0.4, -0.2) is 5.25 Å². The van der Waals surface area contributed by atoms with Gasteiger partial charge in [-0.1, -0.05) is 65.8 Å². The minimum atomic E-state index is 0.241. The van der Waals surface area contributed by atoms with Crippen molar-refractivity contribution in [3.63, 3.8) is 0 Å². The Labute approximate surface area is 134 Å². The topological polar surface area (TPSA) is 0 Å². The molecule has 2 rings (SSSR count). The Morgan fingerprint density at radius 1 is 0.905 bits per heavy atom. The van der Waals surface area contributed by atoms with E-state index in [0.717, 1.165) is 6.42 Å². The van der Waals surface area contributed by atoms with E-state index in [1.807, 2.05) is 0 Å². The Hall–Kier alpha value is -0.950. The van der Waals surface area contributed by atoms with E-state index in [2.05, 4.69) is 84.0 Å². The molecular weight excluding hydrogens is 272 g/mol. The van der Waals surface area contributed by atoms with Crippen molar-refractivity contribution in [3.05, 3.63) is 53.6 Å². The molecule has 1 aromatic carbocycles. The van der Waals surface area contributed by atoms with Gasteiger partial charge in [0.15, 0.2) is 4.90 Å². The quantitative estimate of drug-likeness (QED) is 0.502. The average Bonchev–Trinajstić information content (AvgIpc) is 2.38. The SMILES string of the molecule is CC(C)(C)C1=CCC([SH+]c2ccc(C(C)(C)C)cc2)C=C1. The Balaban J connectivity index is 1.99. The zero-order valence-electron chi connectivity index (χ0n) is 14.3. The van der Waals surface area contributed by atoms with Gasteiger partial charge in [-0.3, -0.25) is 0 Å². The van der Waals surface area contributed by atoms with Crippen LogP contribution in [0.25, 0.3) is 0 Å². The molecule has 21 heavy (non-hydrogen) atoms. The third kappa shape index (κ3) is 4.51. The number of hydrogen-bond donors (Lipinski definition) is 0. The fourth-order valence-electron chi connectivity index (χ4n) is 2.50. The Morgan fingerprint density at radius 2 is 1.52 bits per heavy atom. The van der Waals surface area contributed by atoms with Gasteiger partial charge >= 0.3 is 0 Å². The van der Waals surface area contributed by atoms with Crippen LogP contribution in [0.15, 0.2) is 53.0 Å².